The van der Waals surface area contributed by atoms with Gasteiger partial charge in [-0.2, -0.15) is 0 Å². The molecule has 1 spiro atoms. The van der Waals surface area contributed by atoms with E-state index in [0.717, 1.165) is 49.2 Å². The number of rotatable bonds is 6. The molecule has 2 aromatic rings. The molecule has 2 saturated carbocycles. The van der Waals surface area contributed by atoms with Crippen molar-refractivity contribution in [1.29, 1.82) is 0 Å². The predicted octanol–water partition coefficient (Wildman–Crippen LogP) is 5.17. The molecule has 182 valence electrons. The summed E-state index contributed by atoms with van der Waals surface area (Å²) in [5.41, 5.74) is 4.11. The van der Waals surface area contributed by atoms with Gasteiger partial charge in [0.2, 0.25) is 0 Å². The third-order valence-corrected chi connectivity index (χ3v) is 9.73. The highest BCUT2D eigenvalue weighted by Crippen LogP contribution is 2.54. The molecular formula is C30H40N2O2. The van der Waals surface area contributed by atoms with Crippen molar-refractivity contribution in [3.8, 4) is 11.5 Å². The number of methoxy groups -OCH3 is 1. The van der Waals surface area contributed by atoms with Crippen LogP contribution in [0.5, 0.6) is 11.5 Å². The molecule has 4 unspecified atom stereocenters. The minimum atomic E-state index is 0.220. The van der Waals surface area contributed by atoms with Crippen LogP contribution in [-0.2, 0) is 19.4 Å². The summed E-state index contributed by atoms with van der Waals surface area (Å²) in [5.74, 6) is 3.33. The van der Waals surface area contributed by atoms with E-state index >= 15 is 0 Å². The zero-order valence-electron chi connectivity index (χ0n) is 20.8. The first-order valence-electron chi connectivity index (χ1n) is 13.5. The monoisotopic (exact) mass is 460 g/mol. The van der Waals surface area contributed by atoms with Gasteiger partial charge in [0.05, 0.1) is 7.11 Å². The summed E-state index contributed by atoms with van der Waals surface area (Å²) >= 11 is 0. The molecule has 3 fully saturated rings. The molecule has 1 saturated heterocycles. The number of phenols is 1. The summed E-state index contributed by atoms with van der Waals surface area (Å²) in [7, 11) is 1.66. The van der Waals surface area contributed by atoms with E-state index in [0.29, 0.717) is 23.6 Å². The average Bonchev–Trinajstić information content (AvgIpc) is 3.64. The van der Waals surface area contributed by atoms with Crippen LogP contribution < -0.4 is 10.1 Å². The van der Waals surface area contributed by atoms with Crippen LogP contribution >= 0.6 is 0 Å². The summed E-state index contributed by atoms with van der Waals surface area (Å²) in [4.78, 5) is 2.77. The van der Waals surface area contributed by atoms with Gasteiger partial charge in [-0.15, -0.1) is 0 Å². The number of phenolic OH excluding ortho intramolecular Hbond substituents is 1. The van der Waals surface area contributed by atoms with Gasteiger partial charge in [0.1, 0.15) is 0 Å². The molecule has 2 N–H and O–H groups in total. The lowest BCUT2D eigenvalue weighted by Gasteiger charge is -2.48. The van der Waals surface area contributed by atoms with Crippen LogP contribution in [0.25, 0.3) is 0 Å². The van der Waals surface area contributed by atoms with E-state index in [1.807, 2.05) is 6.07 Å². The van der Waals surface area contributed by atoms with Crippen LogP contribution in [0.15, 0.2) is 42.5 Å². The Hall–Kier alpha value is -2.04. The Bertz CT molecular complexity index is 1020. The Kier molecular flexibility index (Phi) is 5.85. The highest BCUT2D eigenvalue weighted by molar-refractivity contribution is 5.52. The molecule has 2 aromatic carbocycles. The zero-order chi connectivity index (χ0) is 23.3. The van der Waals surface area contributed by atoms with Gasteiger partial charge in [-0.3, -0.25) is 4.90 Å². The summed E-state index contributed by atoms with van der Waals surface area (Å²) < 4.78 is 5.49. The first-order valence-corrected chi connectivity index (χ1v) is 13.5. The van der Waals surface area contributed by atoms with E-state index in [9.17, 15) is 5.11 Å². The SMILES string of the molecule is COc1ccc2c(c1O)CC1(CCC3C(C)[C@@H](CN3Cc3ccccc3)C1)C(NCC1CC1)C2. The van der Waals surface area contributed by atoms with Crippen LogP contribution in [0.1, 0.15) is 55.7 Å². The van der Waals surface area contributed by atoms with E-state index < -0.39 is 0 Å². The third kappa shape index (κ3) is 4.03. The minimum Gasteiger partial charge on any atom is -0.504 e. The third-order valence-electron chi connectivity index (χ3n) is 9.73. The van der Waals surface area contributed by atoms with Crippen LogP contribution in [-0.4, -0.2) is 42.3 Å². The molecule has 2 bridgehead atoms. The Morgan fingerprint density at radius 2 is 1.94 bits per heavy atom. The second kappa shape index (κ2) is 8.87. The number of ether oxygens (including phenoxy) is 1. The number of hydrogen-bond acceptors (Lipinski definition) is 4. The van der Waals surface area contributed by atoms with Crippen molar-refractivity contribution >= 4 is 0 Å². The van der Waals surface area contributed by atoms with Crippen LogP contribution in [0.3, 0.4) is 0 Å². The van der Waals surface area contributed by atoms with Crippen molar-refractivity contribution in [2.24, 2.45) is 23.2 Å². The second-order valence-corrected chi connectivity index (χ2v) is 11.7. The van der Waals surface area contributed by atoms with E-state index in [4.69, 9.17) is 4.74 Å². The molecule has 5 atom stereocenters. The second-order valence-electron chi connectivity index (χ2n) is 11.7. The minimum absolute atomic E-state index is 0.220. The largest absolute Gasteiger partial charge is 0.504 e. The van der Waals surface area contributed by atoms with Crippen molar-refractivity contribution in [2.45, 2.75) is 70.5 Å². The molecule has 4 heteroatoms. The summed E-state index contributed by atoms with van der Waals surface area (Å²) in [6.07, 6.45) is 8.53. The number of aromatic hydroxyl groups is 1. The summed E-state index contributed by atoms with van der Waals surface area (Å²) in [6, 6.07) is 16.3. The molecule has 0 aromatic heterocycles. The maximum Gasteiger partial charge on any atom is 0.161 e. The molecule has 0 radical (unpaired) electrons. The molecule has 6 rings (SSSR count). The lowest BCUT2D eigenvalue weighted by atomic mass is 9.62. The van der Waals surface area contributed by atoms with Gasteiger partial charge in [0, 0.05) is 30.7 Å². The van der Waals surface area contributed by atoms with Crippen LogP contribution in [0.4, 0.5) is 0 Å². The number of fused-ring (bicyclic) bond motifs is 3. The van der Waals surface area contributed by atoms with Gasteiger partial charge >= 0.3 is 0 Å². The number of benzene rings is 2. The molecule has 1 aliphatic heterocycles. The Morgan fingerprint density at radius 1 is 1.12 bits per heavy atom. The zero-order valence-corrected chi connectivity index (χ0v) is 20.8. The normalized spacial score (nSPS) is 33.0. The lowest BCUT2D eigenvalue weighted by molar-refractivity contribution is 0.0938. The maximum absolute atomic E-state index is 11.1. The van der Waals surface area contributed by atoms with E-state index in [1.54, 1.807) is 7.11 Å². The van der Waals surface area contributed by atoms with Crippen molar-refractivity contribution in [3.05, 3.63) is 59.2 Å². The van der Waals surface area contributed by atoms with Crippen LogP contribution in [0.2, 0.25) is 0 Å². The molecular weight excluding hydrogens is 420 g/mol. The Balaban J connectivity index is 1.28. The first kappa shape index (κ1) is 22.4. The fourth-order valence-electron chi connectivity index (χ4n) is 7.52. The highest BCUT2D eigenvalue weighted by Gasteiger charge is 2.52. The fraction of sp³-hybridized carbons (Fsp3) is 0.600. The molecule has 3 aliphatic carbocycles. The number of likely N-dealkylation sites (tertiary alicyclic amines) is 1. The smallest absolute Gasteiger partial charge is 0.161 e. The molecule has 0 amide bonds. The van der Waals surface area contributed by atoms with E-state index in [-0.39, 0.29) is 5.41 Å². The quantitative estimate of drug-likeness (QED) is 0.624. The lowest BCUT2D eigenvalue weighted by Crippen LogP contribution is -2.52. The van der Waals surface area contributed by atoms with Crippen molar-refractivity contribution in [1.82, 2.24) is 10.2 Å². The number of hydrogen-bond donors (Lipinski definition) is 2. The van der Waals surface area contributed by atoms with Crippen molar-refractivity contribution < 1.29 is 9.84 Å². The topological polar surface area (TPSA) is 44.7 Å². The first-order chi connectivity index (χ1) is 16.6. The summed E-state index contributed by atoms with van der Waals surface area (Å²) in [6.45, 7) is 5.94. The number of nitrogens with zero attached hydrogens (tertiary/aromatic N) is 1. The number of nitrogens with one attached hydrogen (secondary N) is 1. The average molecular weight is 461 g/mol. The van der Waals surface area contributed by atoms with E-state index in [1.165, 1.54) is 49.8 Å². The van der Waals surface area contributed by atoms with Gasteiger partial charge in [-0.25, -0.2) is 0 Å². The Morgan fingerprint density at radius 3 is 2.71 bits per heavy atom. The van der Waals surface area contributed by atoms with Crippen molar-refractivity contribution in [3.63, 3.8) is 0 Å². The predicted molar refractivity (Wildman–Crippen MR) is 136 cm³/mol. The van der Waals surface area contributed by atoms with Crippen LogP contribution in [0, 0.1) is 23.2 Å². The standard InChI is InChI=1S/C30H40N2O2/c1-20-24-15-30(13-12-26(20)32(19-24)18-22-6-4-3-5-7-22)16-25-23(10-11-27(34-2)29(25)33)14-28(30)31-17-21-8-9-21/h3-7,10-11,20-21,24,26,28,31,33H,8-9,12-19H2,1-2H3/t20?,24-,26?,28?,30?/m1/s1. The maximum atomic E-state index is 11.1. The van der Waals surface area contributed by atoms with Crippen molar-refractivity contribution in [2.75, 3.05) is 20.2 Å². The summed E-state index contributed by atoms with van der Waals surface area (Å²) in [5, 5.41) is 15.1. The molecule has 4 aliphatic rings. The van der Waals surface area contributed by atoms with Gasteiger partial charge in [0.25, 0.3) is 0 Å². The van der Waals surface area contributed by atoms with Gasteiger partial charge in [-0.1, -0.05) is 43.3 Å². The highest BCUT2D eigenvalue weighted by atomic mass is 16.5. The molecule has 1 heterocycles. The molecule has 4 nitrogen and oxygen atoms in total. The van der Waals surface area contributed by atoms with Gasteiger partial charge < -0.3 is 15.2 Å². The van der Waals surface area contributed by atoms with Gasteiger partial charge in [0.15, 0.2) is 11.5 Å². The fourth-order valence-corrected chi connectivity index (χ4v) is 7.52. The van der Waals surface area contributed by atoms with Gasteiger partial charge in [-0.05, 0) is 91.9 Å². The van der Waals surface area contributed by atoms with E-state index in [2.05, 4.69) is 53.5 Å². The molecule has 34 heavy (non-hydrogen) atoms. The Labute approximate surface area is 204 Å².